The molecule has 2 radical (unpaired) electrons. The van der Waals surface area contributed by atoms with Crippen molar-refractivity contribution in [2.75, 3.05) is 38.2 Å². The van der Waals surface area contributed by atoms with Crippen LogP contribution in [0.4, 0.5) is 5.95 Å². The van der Waals surface area contributed by atoms with Gasteiger partial charge in [-0.1, -0.05) is 0 Å². The van der Waals surface area contributed by atoms with Gasteiger partial charge in [0, 0.05) is 6.92 Å². The summed E-state index contributed by atoms with van der Waals surface area (Å²) >= 11 is 6.13. The molecule has 1 aliphatic rings. The molecule has 9 nitrogen and oxygen atoms in total. The van der Waals surface area contributed by atoms with Gasteiger partial charge in [0.1, 0.15) is 0 Å². The molecule has 1 aliphatic heterocycles. The van der Waals surface area contributed by atoms with Crippen molar-refractivity contribution in [3.63, 3.8) is 0 Å². The van der Waals surface area contributed by atoms with Crippen molar-refractivity contribution in [1.82, 2.24) is 23.0 Å². The van der Waals surface area contributed by atoms with E-state index in [1.54, 1.807) is 25.4 Å². The van der Waals surface area contributed by atoms with Crippen molar-refractivity contribution in [3.05, 3.63) is 23.4 Å². The molecule has 0 spiro atoms. The number of methoxy groups -OCH3 is 1. The van der Waals surface area contributed by atoms with Gasteiger partial charge >= 0.3 is 169 Å². The van der Waals surface area contributed by atoms with Crippen LogP contribution in [0, 0.1) is 0 Å². The summed E-state index contributed by atoms with van der Waals surface area (Å²) in [5, 5.41) is 0.468. The summed E-state index contributed by atoms with van der Waals surface area (Å²) in [6.45, 7) is 4.76. The van der Waals surface area contributed by atoms with E-state index < -0.39 is 5.97 Å². The third kappa shape index (κ3) is 4.32. The molecule has 1 aromatic carbocycles. The SMILES string of the molecule is [B][I-]N1CCN(c2ncc(-c3cc4nc(OC(C)=O)[nH]c4cc3Cl)c(OC)n2)CC1. The Morgan fingerprint density at radius 2 is 2.00 bits per heavy atom. The van der Waals surface area contributed by atoms with Crippen LogP contribution in [0.1, 0.15) is 6.92 Å². The van der Waals surface area contributed by atoms with E-state index in [-0.39, 0.29) is 27.3 Å². The maximum atomic E-state index is 11.2. The van der Waals surface area contributed by atoms with Gasteiger partial charge in [0.15, 0.2) is 0 Å². The molecule has 0 bridgehead atoms. The van der Waals surface area contributed by atoms with Crippen LogP contribution in [-0.2, 0) is 4.79 Å². The Bertz CT molecular complexity index is 1090. The number of esters is 1. The first kappa shape index (κ1) is 21.1. The fourth-order valence-corrected chi connectivity index (χ4v) is 4.48. The molecule has 0 aliphatic carbocycles. The monoisotopic (exact) mass is 539 g/mol. The minimum absolute atomic E-state index is 0.114. The maximum absolute atomic E-state index is 11.2. The standard InChI is InChI=1S/C18H18BClIN6O3/c1-10(28)30-18-23-14-7-11(13(20)8-15(14)24-18)12-9-22-17(25-16(12)29-2)26-3-5-27(21-19)6-4-26/h7-9H,3-6H2,1-2H3,(H,23,24)/q-1. The molecule has 0 atom stereocenters. The van der Waals surface area contributed by atoms with Crippen LogP contribution in [0.3, 0.4) is 0 Å². The summed E-state index contributed by atoms with van der Waals surface area (Å²) in [6, 6.07) is 3.61. The Balaban J connectivity index is 1.67. The van der Waals surface area contributed by atoms with Crippen LogP contribution in [-0.4, -0.2) is 68.0 Å². The topological polar surface area (TPSA) is 96.5 Å². The zero-order valence-electron chi connectivity index (χ0n) is 16.4. The van der Waals surface area contributed by atoms with Gasteiger partial charge in [0.2, 0.25) is 0 Å². The first-order valence-corrected chi connectivity index (χ1v) is 11.7. The van der Waals surface area contributed by atoms with Crippen molar-refractivity contribution in [3.8, 4) is 23.0 Å². The number of benzene rings is 1. The van der Waals surface area contributed by atoms with E-state index in [9.17, 15) is 4.79 Å². The van der Waals surface area contributed by atoms with Crippen LogP contribution < -0.4 is 35.6 Å². The summed E-state index contributed by atoms with van der Waals surface area (Å²) < 4.78 is 12.8. The summed E-state index contributed by atoms with van der Waals surface area (Å²) in [6.07, 6.45) is 1.70. The summed E-state index contributed by atoms with van der Waals surface area (Å²) in [5.41, 5.74) is 8.39. The number of hydrogen-bond acceptors (Lipinski definition) is 8. The molecule has 0 unspecified atom stereocenters. The number of nitrogens with one attached hydrogen (secondary N) is 1. The third-order valence-corrected chi connectivity index (χ3v) is 6.73. The van der Waals surface area contributed by atoms with E-state index in [0.717, 1.165) is 26.2 Å². The Kier molecular flexibility index (Phi) is 6.30. The van der Waals surface area contributed by atoms with E-state index in [0.29, 0.717) is 39.0 Å². The molecule has 3 heterocycles. The molecule has 1 fully saturated rings. The van der Waals surface area contributed by atoms with Crippen molar-refractivity contribution in [1.29, 1.82) is 0 Å². The van der Waals surface area contributed by atoms with E-state index in [1.165, 1.54) is 6.92 Å². The van der Waals surface area contributed by atoms with Crippen molar-refractivity contribution in [2.24, 2.45) is 0 Å². The molecule has 1 saturated heterocycles. The number of imidazole rings is 1. The molecule has 0 saturated carbocycles. The van der Waals surface area contributed by atoms with Crippen LogP contribution in [0.25, 0.3) is 22.2 Å². The molecule has 4 rings (SSSR count). The number of aromatic amines is 1. The Morgan fingerprint density at radius 1 is 1.23 bits per heavy atom. The number of H-pyrrole nitrogens is 1. The molecular weight excluding hydrogens is 521 g/mol. The van der Waals surface area contributed by atoms with Gasteiger partial charge in [-0.05, 0) is 0 Å². The van der Waals surface area contributed by atoms with E-state index >= 15 is 0 Å². The van der Waals surface area contributed by atoms with Crippen molar-refractivity contribution >= 4 is 40.3 Å². The van der Waals surface area contributed by atoms with E-state index in [4.69, 9.17) is 26.8 Å². The van der Waals surface area contributed by atoms with Crippen molar-refractivity contribution in [2.45, 2.75) is 6.92 Å². The quantitative estimate of drug-likeness (QED) is 0.187. The second kappa shape index (κ2) is 8.94. The molecule has 0 amide bonds. The average molecular weight is 540 g/mol. The number of hydrogen-bond donors (Lipinski definition) is 1. The number of carbonyl (C=O) groups is 1. The van der Waals surface area contributed by atoms with Gasteiger partial charge in [-0.15, -0.1) is 0 Å². The number of fused-ring (bicyclic) bond motifs is 1. The number of aromatic nitrogens is 4. The normalized spacial score (nSPS) is 15.0. The second-order valence-electron chi connectivity index (χ2n) is 6.57. The van der Waals surface area contributed by atoms with Crippen LogP contribution >= 0.6 is 11.6 Å². The van der Waals surface area contributed by atoms with Gasteiger partial charge in [0.05, 0.1) is 0 Å². The molecular formula is C18H18BClIN6O3-. The van der Waals surface area contributed by atoms with E-state index in [1.807, 2.05) is 0 Å². The fraction of sp³-hybridized carbons (Fsp3) is 0.333. The molecule has 156 valence electrons. The zero-order chi connectivity index (χ0) is 21.3. The van der Waals surface area contributed by atoms with Gasteiger partial charge < -0.3 is 9.72 Å². The number of ether oxygens (including phenoxy) is 2. The van der Waals surface area contributed by atoms with Crippen LogP contribution in [0.15, 0.2) is 18.3 Å². The molecule has 1 N–H and O–H groups in total. The number of nitrogens with zero attached hydrogens (tertiary/aromatic N) is 5. The fourth-order valence-electron chi connectivity index (χ4n) is 3.23. The molecule has 30 heavy (non-hydrogen) atoms. The minimum atomic E-state index is -0.458. The number of halogens is 2. The summed E-state index contributed by atoms with van der Waals surface area (Å²) in [7, 11) is 1.56. The Morgan fingerprint density at radius 3 is 2.67 bits per heavy atom. The van der Waals surface area contributed by atoms with Gasteiger partial charge in [0.25, 0.3) is 0 Å². The van der Waals surface area contributed by atoms with Gasteiger partial charge in [-0.3, -0.25) is 4.79 Å². The summed E-state index contributed by atoms with van der Waals surface area (Å²) in [4.78, 5) is 29.6. The second-order valence-corrected chi connectivity index (χ2v) is 8.90. The zero-order valence-corrected chi connectivity index (χ0v) is 19.3. The molecule has 12 heteroatoms. The number of carbonyl (C=O) groups excluding carboxylic acids is 1. The van der Waals surface area contributed by atoms with Gasteiger partial charge in [-0.2, -0.15) is 0 Å². The predicted molar refractivity (Wildman–Crippen MR) is 110 cm³/mol. The molecule has 3 aromatic rings. The number of anilines is 1. The number of rotatable bonds is 5. The Hall–Kier alpha value is -2.12. The first-order chi connectivity index (χ1) is 14.5. The predicted octanol–water partition coefficient (Wildman–Crippen LogP) is -1.18. The van der Waals surface area contributed by atoms with Crippen LogP contribution in [0.5, 0.6) is 11.9 Å². The van der Waals surface area contributed by atoms with Crippen molar-refractivity contribution < 1.29 is 35.5 Å². The third-order valence-electron chi connectivity index (χ3n) is 4.66. The van der Waals surface area contributed by atoms with Crippen LogP contribution in [0.2, 0.25) is 5.02 Å². The average Bonchev–Trinajstić information content (AvgIpc) is 3.13. The molecule has 2 aromatic heterocycles. The van der Waals surface area contributed by atoms with Gasteiger partial charge in [-0.25, -0.2) is 0 Å². The van der Waals surface area contributed by atoms with E-state index in [2.05, 4.69) is 27.9 Å². The Labute approximate surface area is 189 Å². The number of piperazine rings is 1. The first-order valence-electron chi connectivity index (χ1n) is 9.11. The summed E-state index contributed by atoms with van der Waals surface area (Å²) in [5.74, 6) is 0.574.